The zero-order valence-electron chi connectivity index (χ0n) is 7.41. The van der Waals surface area contributed by atoms with Crippen molar-refractivity contribution in [3.8, 4) is 0 Å². The lowest BCUT2D eigenvalue weighted by Crippen LogP contribution is -2.51. The van der Waals surface area contributed by atoms with E-state index < -0.39 is 11.9 Å². The van der Waals surface area contributed by atoms with Gasteiger partial charge in [-0.2, -0.15) is 0 Å². The summed E-state index contributed by atoms with van der Waals surface area (Å²) in [6, 6.07) is 0. The van der Waals surface area contributed by atoms with Gasteiger partial charge in [0.1, 0.15) is 12.2 Å². The first kappa shape index (κ1) is 8.44. The highest BCUT2D eigenvalue weighted by molar-refractivity contribution is 4.92. The molecule has 12 heavy (non-hydrogen) atoms. The van der Waals surface area contributed by atoms with Crippen LogP contribution in [0.25, 0.3) is 0 Å². The summed E-state index contributed by atoms with van der Waals surface area (Å²) in [6.45, 7) is 5.11. The van der Waals surface area contributed by atoms with Crippen LogP contribution in [0.3, 0.4) is 0 Å². The molecule has 2 aliphatic rings. The van der Waals surface area contributed by atoms with E-state index in [0.717, 1.165) is 6.54 Å². The fourth-order valence-electron chi connectivity index (χ4n) is 1.84. The third kappa shape index (κ3) is 1.35. The second kappa shape index (κ2) is 2.67. The maximum atomic E-state index is 9.54. The summed E-state index contributed by atoms with van der Waals surface area (Å²) in [5.41, 5.74) is 0. The molecule has 2 N–H and O–H groups in total. The third-order valence-corrected chi connectivity index (χ3v) is 2.30. The minimum Gasteiger partial charge on any atom is -0.389 e. The second-order valence-corrected chi connectivity index (χ2v) is 3.86. The van der Waals surface area contributed by atoms with E-state index in [2.05, 4.69) is 5.32 Å². The van der Waals surface area contributed by atoms with Gasteiger partial charge in [-0.15, -0.1) is 0 Å². The molecule has 2 fully saturated rings. The molecule has 0 radical (unpaired) electrons. The van der Waals surface area contributed by atoms with E-state index in [1.807, 2.05) is 13.8 Å². The van der Waals surface area contributed by atoms with Crippen molar-refractivity contribution in [1.29, 1.82) is 0 Å². The molecule has 0 saturated carbocycles. The molecule has 2 heterocycles. The smallest absolute Gasteiger partial charge is 0.163 e. The summed E-state index contributed by atoms with van der Waals surface area (Å²) in [5, 5.41) is 12.6. The Kier molecular flexibility index (Phi) is 1.88. The Bertz CT molecular complexity index is 183. The van der Waals surface area contributed by atoms with E-state index in [1.165, 1.54) is 0 Å². The fourth-order valence-corrected chi connectivity index (χ4v) is 1.84. The topological polar surface area (TPSA) is 50.7 Å². The first-order valence-corrected chi connectivity index (χ1v) is 4.33. The van der Waals surface area contributed by atoms with Crippen molar-refractivity contribution in [3.63, 3.8) is 0 Å². The van der Waals surface area contributed by atoms with Gasteiger partial charge in [0.15, 0.2) is 5.79 Å². The van der Waals surface area contributed by atoms with Gasteiger partial charge in [-0.1, -0.05) is 0 Å². The highest BCUT2D eigenvalue weighted by Gasteiger charge is 2.46. The van der Waals surface area contributed by atoms with Crippen LogP contribution in [0.4, 0.5) is 0 Å². The van der Waals surface area contributed by atoms with Gasteiger partial charge in [0.25, 0.3) is 0 Å². The number of hydrogen-bond donors (Lipinski definition) is 2. The first-order valence-electron chi connectivity index (χ1n) is 4.33. The Morgan fingerprint density at radius 1 is 1.33 bits per heavy atom. The van der Waals surface area contributed by atoms with Crippen LogP contribution >= 0.6 is 0 Å². The minimum absolute atomic E-state index is 0.00347. The molecule has 2 saturated heterocycles. The number of nitrogens with one attached hydrogen (secondary N) is 1. The summed E-state index contributed by atoms with van der Waals surface area (Å²) in [4.78, 5) is 0. The van der Waals surface area contributed by atoms with E-state index >= 15 is 0 Å². The molecule has 4 nitrogen and oxygen atoms in total. The van der Waals surface area contributed by atoms with Crippen molar-refractivity contribution in [2.75, 3.05) is 13.1 Å². The maximum absolute atomic E-state index is 9.54. The highest BCUT2D eigenvalue weighted by Crippen LogP contribution is 2.30. The molecule has 0 aromatic carbocycles. The van der Waals surface area contributed by atoms with Crippen LogP contribution in [0.15, 0.2) is 0 Å². The molecule has 2 rings (SSSR count). The molecular weight excluding hydrogens is 158 g/mol. The summed E-state index contributed by atoms with van der Waals surface area (Å²) < 4.78 is 11.1. The van der Waals surface area contributed by atoms with Gasteiger partial charge < -0.3 is 19.9 Å². The van der Waals surface area contributed by atoms with Gasteiger partial charge in [0.05, 0.1) is 6.10 Å². The molecule has 0 aliphatic carbocycles. The Balaban J connectivity index is 2.09. The van der Waals surface area contributed by atoms with Gasteiger partial charge in [0.2, 0.25) is 0 Å². The molecule has 0 aromatic heterocycles. The lowest BCUT2D eigenvalue weighted by molar-refractivity contribution is -0.152. The van der Waals surface area contributed by atoms with Crippen LogP contribution in [0.2, 0.25) is 0 Å². The maximum Gasteiger partial charge on any atom is 0.163 e. The lowest BCUT2D eigenvalue weighted by atomic mass is 10.0. The van der Waals surface area contributed by atoms with Crippen LogP contribution in [0.5, 0.6) is 0 Å². The zero-order valence-corrected chi connectivity index (χ0v) is 7.41. The number of aliphatic hydroxyl groups excluding tert-OH is 1. The minimum atomic E-state index is -0.539. The van der Waals surface area contributed by atoms with E-state index in [0.29, 0.717) is 6.54 Å². The van der Waals surface area contributed by atoms with Crippen LogP contribution in [-0.4, -0.2) is 42.3 Å². The van der Waals surface area contributed by atoms with E-state index in [4.69, 9.17) is 9.47 Å². The number of ether oxygens (including phenoxy) is 2. The molecule has 70 valence electrons. The summed E-state index contributed by atoms with van der Waals surface area (Å²) in [6.07, 6.45) is -0.587. The standard InChI is InChI=1S/C8H15NO3/c1-8(2)11-6-4-9-3-5(10)7(6)12-8/h5-7,9-10H,3-4H2,1-2H3/t5-,6-,7+/m1/s1. The molecular formula is C8H15NO3. The molecule has 4 heteroatoms. The van der Waals surface area contributed by atoms with Crippen molar-refractivity contribution in [2.45, 2.75) is 37.9 Å². The second-order valence-electron chi connectivity index (χ2n) is 3.86. The Morgan fingerprint density at radius 3 is 2.75 bits per heavy atom. The van der Waals surface area contributed by atoms with Gasteiger partial charge in [-0.25, -0.2) is 0 Å². The van der Waals surface area contributed by atoms with Crippen LogP contribution in [0.1, 0.15) is 13.8 Å². The SMILES string of the molecule is CC1(C)O[C@H]2[C@H](O)CNC[C@H]2O1. The van der Waals surface area contributed by atoms with Crippen LogP contribution < -0.4 is 5.32 Å². The molecule has 0 bridgehead atoms. The average Bonchev–Trinajstić information content (AvgIpc) is 2.25. The van der Waals surface area contributed by atoms with Crippen molar-refractivity contribution in [2.24, 2.45) is 0 Å². The molecule has 0 unspecified atom stereocenters. The summed E-state index contributed by atoms with van der Waals surface area (Å²) in [7, 11) is 0. The Labute approximate surface area is 71.9 Å². The monoisotopic (exact) mass is 173 g/mol. The number of piperidine rings is 1. The fraction of sp³-hybridized carbons (Fsp3) is 1.00. The quantitative estimate of drug-likeness (QED) is 0.517. The van der Waals surface area contributed by atoms with E-state index in [-0.39, 0.29) is 12.2 Å². The highest BCUT2D eigenvalue weighted by atomic mass is 16.8. The molecule has 0 spiro atoms. The van der Waals surface area contributed by atoms with Gasteiger partial charge in [0, 0.05) is 13.1 Å². The number of fused-ring (bicyclic) bond motifs is 1. The van der Waals surface area contributed by atoms with E-state index in [1.54, 1.807) is 0 Å². The van der Waals surface area contributed by atoms with Crippen LogP contribution in [0, 0.1) is 0 Å². The van der Waals surface area contributed by atoms with Crippen molar-refractivity contribution in [3.05, 3.63) is 0 Å². The van der Waals surface area contributed by atoms with Gasteiger partial charge in [-0.3, -0.25) is 0 Å². The third-order valence-electron chi connectivity index (χ3n) is 2.30. The van der Waals surface area contributed by atoms with E-state index in [9.17, 15) is 5.11 Å². The lowest BCUT2D eigenvalue weighted by Gasteiger charge is -2.27. The largest absolute Gasteiger partial charge is 0.389 e. The molecule has 0 aromatic rings. The van der Waals surface area contributed by atoms with Crippen LogP contribution in [-0.2, 0) is 9.47 Å². The van der Waals surface area contributed by atoms with Gasteiger partial charge in [-0.05, 0) is 13.8 Å². The Morgan fingerprint density at radius 2 is 2.08 bits per heavy atom. The number of β-amino-alcohol motifs (C(OH)–C–C–N with tert-alkyl or cyclic N) is 1. The summed E-state index contributed by atoms with van der Waals surface area (Å²) >= 11 is 0. The number of aliphatic hydroxyl groups is 1. The predicted molar refractivity (Wildman–Crippen MR) is 42.7 cm³/mol. The van der Waals surface area contributed by atoms with Gasteiger partial charge >= 0.3 is 0 Å². The molecule has 0 amide bonds. The molecule has 2 aliphatic heterocycles. The molecule has 3 atom stereocenters. The Hall–Kier alpha value is -0.160. The van der Waals surface area contributed by atoms with Crippen molar-refractivity contribution in [1.82, 2.24) is 5.32 Å². The van der Waals surface area contributed by atoms with Crippen molar-refractivity contribution < 1.29 is 14.6 Å². The van der Waals surface area contributed by atoms with Crippen molar-refractivity contribution >= 4 is 0 Å². The number of rotatable bonds is 0. The average molecular weight is 173 g/mol. The summed E-state index contributed by atoms with van der Waals surface area (Å²) in [5.74, 6) is -0.539. The number of hydrogen-bond acceptors (Lipinski definition) is 4. The predicted octanol–water partition coefficient (Wildman–Crippen LogP) is -0.529. The zero-order chi connectivity index (χ0) is 8.77. The first-order chi connectivity index (χ1) is 5.58. The normalized spacial score (nSPS) is 45.8.